The van der Waals surface area contributed by atoms with Crippen LogP contribution in [0, 0.1) is 0 Å². The lowest BCUT2D eigenvalue weighted by Crippen LogP contribution is -2.35. The normalized spacial score (nSPS) is 12.5. The van der Waals surface area contributed by atoms with Gasteiger partial charge in [0.2, 0.25) is 11.8 Å². The number of anilines is 2. The van der Waals surface area contributed by atoms with E-state index in [-0.39, 0.29) is 24.6 Å². The predicted octanol–water partition coefficient (Wildman–Crippen LogP) is 3.84. The molecule has 0 unspecified atom stereocenters. The second kappa shape index (κ2) is 11.4. The highest BCUT2D eigenvalue weighted by molar-refractivity contribution is 5.97. The molecule has 10 heteroatoms. The largest absolute Gasteiger partial charge is 0.497 e. The average Bonchev–Trinajstić information content (AvgIpc) is 3.32. The van der Waals surface area contributed by atoms with Crippen molar-refractivity contribution in [3.05, 3.63) is 65.4 Å². The number of ether oxygens (including phenoxy) is 4. The number of benzene rings is 2. The molecule has 10 nitrogen and oxygen atoms in total. The van der Waals surface area contributed by atoms with E-state index in [4.69, 9.17) is 18.9 Å². The van der Waals surface area contributed by atoms with Crippen molar-refractivity contribution in [3.8, 4) is 17.4 Å². The van der Waals surface area contributed by atoms with Gasteiger partial charge in [0.1, 0.15) is 35.8 Å². The van der Waals surface area contributed by atoms with E-state index in [0.717, 1.165) is 29.0 Å². The van der Waals surface area contributed by atoms with Crippen molar-refractivity contribution in [1.82, 2.24) is 15.3 Å². The fourth-order valence-corrected chi connectivity index (χ4v) is 4.01. The molecular weight excluding hydrogens is 488 g/mol. The summed E-state index contributed by atoms with van der Waals surface area (Å²) in [5, 5.41) is 2.57. The van der Waals surface area contributed by atoms with Crippen molar-refractivity contribution in [2.45, 2.75) is 39.4 Å². The van der Waals surface area contributed by atoms with E-state index in [1.54, 1.807) is 35.0 Å². The third kappa shape index (κ3) is 6.50. The van der Waals surface area contributed by atoms with Gasteiger partial charge in [0.05, 0.1) is 14.2 Å². The van der Waals surface area contributed by atoms with Gasteiger partial charge in [-0.15, -0.1) is 0 Å². The van der Waals surface area contributed by atoms with Crippen LogP contribution in [0.1, 0.15) is 42.3 Å². The maximum absolute atomic E-state index is 13.0. The molecule has 0 aliphatic carbocycles. The fourth-order valence-electron chi connectivity index (χ4n) is 4.01. The highest BCUT2D eigenvalue weighted by atomic mass is 16.6. The molecule has 0 bridgehead atoms. The minimum absolute atomic E-state index is 0.0986. The van der Waals surface area contributed by atoms with E-state index in [1.165, 1.54) is 6.20 Å². The van der Waals surface area contributed by atoms with E-state index in [9.17, 15) is 9.59 Å². The van der Waals surface area contributed by atoms with Gasteiger partial charge >= 0.3 is 5.97 Å². The number of nitrogens with zero attached hydrogens (tertiary/aromatic N) is 3. The third-order valence-electron chi connectivity index (χ3n) is 5.73. The molecule has 1 aliphatic rings. The summed E-state index contributed by atoms with van der Waals surface area (Å²) in [5.41, 5.74) is 2.36. The van der Waals surface area contributed by atoms with E-state index < -0.39 is 17.5 Å². The third-order valence-corrected chi connectivity index (χ3v) is 5.73. The van der Waals surface area contributed by atoms with Crippen LogP contribution in [0.4, 0.5) is 11.6 Å². The predicted molar refractivity (Wildman–Crippen MR) is 141 cm³/mol. The number of fused-ring (bicyclic) bond motifs is 1. The Hall–Kier alpha value is -4.34. The summed E-state index contributed by atoms with van der Waals surface area (Å²) in [7, 11) is 3.23. The molecule has 1 N–H and O–H groups in total. The minimum atomic E-state index is -0.659. The number of carbonyl (C=O) groups is 2. The molecule has 2 aromatic carbocycles. The molecule has 0 radical (unpaired) electrons. The average molecular weight is 521 g/mol. The van der Waals surface area contributed by atoms with Gasteiger partial charge in [-0.2, -0.15) is 4.98 Å². The Morgan fingerprint density at radius 2 is 1.82 bits per heavy atom. The number of amides is 1. The number of rotatable bonds is 9. The van der Waals surface area contributed by atoms with Gasteiger partial charge in [0, 0.05) is 18.4 Å². The Kier molecular flexibility index (Phi) is 7.99. The first-order valence-electron chi connectivity index (χ1n) is 12.2. The smallest absolute Gasteiger partial charge is 0.325 e. The van der Waals surface area contributed by atoms with E-state index >= 15 is 0 Å². The Bertz CT molecular complexity index is 1320. The van der Waals surface area contributed by atoms with E-state index in [0.29, 0.717) is 18.2 Å². The first-order chi connectivity index (χ1) is 18.2. The van der Waals surface area contributed by atoms with Gasteiger partial charge in [-0.25, -0.2) is 4.98 Å². The van der Waals surface area contributed by atoms with Gasteiger partial charge in [-0.05, 0) is 68.7 Å². The van der Waals surface area contributed by atoms with Crippen molar-refractivity contribution in [1.29, 1.82) is 0 Å². The van der Waals surface area contributed by atoms with Crippen molar-refractivity contribution in [2.24, 2.45) is 0 Å². The molecule has 0 saturated carbocycles. The fraction of sp³-hybridized carbons (Fsp3) is 0.357. The first-order valence-corrected chi connectivity index (χ1v) is 12.2. The molecule has 3 aromatic rings. The van der Waals surface area contributed by atoms with Crippen LogP contribution >= 0.6 is 0 Å². The van der Waals surface area contributed by atoms with Gasteiger partial charge in [0.25, 0.3) is 5.91 Å². The Morgan fingerprint density at radius 1 is 1.05 bits per heavy atom. The molecule has 1 amide bonds. The summed E-state index contributed by atoms with van der Waals surface area (Å²) < 4.78 is 21.9. The number of methoxy groups -OCH3 is 2. The van der Waals surface area contributed by atoms with Gasteiger partial charge < -0.3 is 29.2 Å². The van der Waals surface area contributed by atoms with Crippen LogP contribution in [0.15, 0.2) is 48.7 Å². The Labute approximate surface area is 221 Å². The summed E-state index contributed by atoms with van der Waals surface area (Å²) in [6, 6.07) is 13.3. The zero-order valence-corrected chi connectivity index (χ0v) is 22.2. The Balaban J connectivity index is 1.59. The highest BCUT2D eigenvalue weighted by Gasteiger charge is 2.26. The van der Waals surface area contributed by atoms with Crippen molar-refractivity contribution < 1.29 is 28.5 Å². The minimum Gasteiger partial charge on any atom is -0.497 e. The summed E-state index contributed by atoms with van der Waals surface area (Å²) in [4.78, 5) is 36.2. The lowest BCUT2D eigenvalue weighted by Gasteiger charge is -2.20. The molecule has 2 heterocycles. The highest BCUT2D eigenvalue weighted by Crippen LogP contribution is 2.36. The lowest BCUT2D eigenvalue weighted by atomic mass is 10.1. The summed E-state index contributed by atoms with van der Waals surface area (Å²) >= 11 is 0. The quantitative estimate of drug-likeness (QED) is 0.421. The SMILES string of the molecule is COc1cccc(COc2nc(N3CCc4cc(OC)ccc43)ncc2C(=O)NCC(=O)OC(C)(C)C)c1. The van der Waals surface area contributed by atoms with Crippen LogP contribution in [0.3, 0.4) is 0 Å². The molecule has 0 spiro atoms. The maximum atomic E-state index is 13.0. The van der Waals surface area contributed by atoms with Crippen LogP contribution in [-0.2, 0) is 22.6 Å². The number of carbonyl (C=O) groups excluding carboxylic acids is 2. The molecule has 1 aliphatic heterocycles. The molecule has 200 valence electrons. The van der Waals surface area contributed by atoms with Gasteiger partial charge in [0.15, 0.2) is 0 Å². The summed E-state index contributed by atoms with van der Waals surface area (Å²) in [6.45, 7) is 5.80. The maximum Gasteiger partial charge on any atom is 0.325 e. The Morgan fingerprint density at radius 3 is 2.55 bits per heavy atom. The molecule has 0 atom stereocenters. The van der Waals surface area contributed by atoms with Crippen molar-refractivity contribution >= 4 is 23.5 Å². The number of esters is 1. The topological polar surface area (TPSA) is 112 Å². The van der Waals surface area contributed by atoms with Gasteiger partial charge in [-0.3, -0.25) is 9.59 Å². The van der Waals surface area contributed by atoms with Crippen LogP contribution in [0.25, 0.3) is 0 Å². The van der Waals surface area contributed by atoms with Crippen LogP contribution in [0.2, 0.25) is 0 Å². The monoisotopic (exact) mass is 520 g/mol. The molecule has 4 rings (SSSR count). The van der Waals surface area contributed by atoms with Crippen LogP contribution in [-0.4, -0.2) is 54.8 Å². The number of aromatic nitrogens is 2. The second-order valence-electron chi connectivity index (χ2n) is 9.69. The van der Waals surface area contributed by atoms with Crippen LogP contribution in [0.5, 0.6) is 17.4 Å². The molecule has 0 fully saturated rings. The van der Waals surface area contributed by atoms with E-state index in [2.05, 4.69) is 15.3 Å². The zero-order chi connectivity index (χ0) is 27.3. The van der Waals surface area contributed by atoms with Gasteiger partial charge in [-0.1, -0.05) is 12.1 Å². The van der Waals surface area contributed by atoms with Crippen LogP contribution < -0.4 is 24.4 Å². The molecule has 1 aromatic heterocycles. The molecular formula is C28H32N4O6. The second-order valence-corrected chi connectivity index (χ2v) is 9.69. The van der Waals surface area contributed by atoms with Crippen molar-refractivity contribution in [3.63, 3.8) is 0 Å². The molecule has 0 saturated heterocycles. The lowest BCUT2D eigenvalue weighted by molar-refractivity contribution is -0.153. The summed E-state index contributed by atoms with van der Waals surface area (Å²) in [5.74, 6) is 0.875. The number of nitrogens with one attached hydrogen (secondary N) is 1. The standard InChI is InChI=1S/C28H32N4O6/c1-28(2,3)38-24(33)16-29-25(34)22-15-30-27(32-12-11-19-14-21(36-5)9-10-23(19)32)31-26(22)37-17-18-7-6-8-20(13-18)35-4/h6-10,13-15H,11-12,16-17H2,1-5H3,(H,29,34). The number of hydrogen-bond donors (Lipinski definition) is 1. The first kappa shape index (κ1) is 26.7. The summed E-state index contributed by atoms with van der Waals surface area (Å²) in [6.07, 6.45) is 2.21. The van der Waals surface area contributed by atoms with Crippen molar-refractivity contribution in [2.75, 3.05) is 32.2 Å². The van der Waals surface area contributed by atoms with E-state index in [1.807, 2.05) is 47.4 Å². The number of hydrogen-bond acceptors (Lipinski definition) is 9. The zero-order valence-electron chi connectivity index (χ0n) is 22.2. The molecule has 38 heavy (non-hydrogen) atoms.